The van der Waals surface area contributed by atoms with Gasteiger partial charge in [-0.3, -0.25) is 9.69 Å². The number of nitrogens with zero attached hydrogens (tertiary/aromatic N) is 3. The summed E-state index contributed by atoms with van der Waals surface area (Å²) in [6.07, 6.45) is 1.22. The van der Waals surface area contributed by atoms with E-state index in [1.165, 1.54) is 17.4 Å². The van der Waals surface area contributed by atoms with Gasteiger partial charge in [0, 0.05) is 37.1 Å². The van der Waals surface area contributed by atoms with Gasteiger partial charge in [-0.15, -0.1) is 11.3 Å². The molecule has 1 fully saturated rings. The topological polar surface area (TPSA) is 97.8 Å². The number of aromatic nitrogens is 2. The molecule has 1 saturated heterocycles. The zero-order chi connectivity index (χ0) is 25.5. The Morgan fingerprint density at radius 1 is 1.08 bits per heavy atom. The van der Waals surface area contributed by atoms with Crippen LogP contribution in [0.1, 0.15) is 0 Å². The number of benzene rings is 2. The lowest BCUT2D eigenvalue weighted by Gasteiger charge is -2.26. The first-order valence-electron chi connectivity index (χ1n) is 11.9. The summed E-state index contributed by atoms with van der Waals surface area (Å²) in [7, 11) is 0. The average Bonchev–Trinajstić information content (AvgIpc) is 3.40. The van der Waals surface area contributed by atoms with Crippen molar-refractivity contribution in [2.45, 2.75) is 0 Å². The normalized spacial score (nSPS) is 13.7. The second-order valence-electron chi connectivity index (χ2n) is 8.26. The van der Waals surface area contributed by atoms with E-state index in [2.05, 4.69) is 32.1 Å². The van der Waals surface area contributed by atoms with Crippen molar-refractivity contribution in [1.29, 1.82) is 0 Å². The van der Waals surface area contributed by atoms with E-state index >= 15 is 0 Å². The number of hydrogen-bond donors (Lipinski definition) is 2. The van der Waals surface area contributed by atoms with Crippen LogP contribution in [0.25, 0.3) is 10.2 Å². The standard InChI is InChI=1S/C27H27N5O4S/c1-2-24(33)28-20-4-3-5-22(18-20)36-26-25-23(10-17-37-25)30-27(31-26)29-19-6-8-21(9-7-19)35-16-13-32-11-14-34-15-12-32/h2-10,17-18H,1,11-16H2,(H,28,33)(H,29,30,31). The SMILES string of the molecule is C=CC(=O)Nc1cccc(Oc2nc(Nc3ccc(OCCN4CCOCC4)cc3)nc3ccsc23)c1. The molecule has 1 aliphatic rings. The molecule has 0 saturated carbocycles. The third kappa shape index (κ3) is 6.62. The number of hydrogen-bond acceptors (Lipinski definition) is 9. The van der Waals surface area contributed by atoms with Crippen LogP contribution in [-0.2, 0) is 9.53 Å². The fraction of sp³-hybridized carbons (Fsp3) is 0.222. The van der Waals surface area contributed by atoms with Crippen molar-refractivity contribution in [3.05, 3.63) is 72.6 Å². The predicted molar refractivity (Wildman–Crippen MR) is 145 cm³/mol. The Balaban J connectivity index is 1.25. The number of carbonyl (C=O) groups excluding carboxylic acids is 1. The van der Waals surface area contributed by atoms with Crippen LogP contribution in [0.2, 0.25) is 0 Å². The average molecular weight is 518 g/mol. The van der Waals surface area contributed by atoms with Crippen molar-refractivity contribution >= 4 is 44.8 Å². The van der Waals surface area contributed by atoms with Crippen LogP contribution in [0.4, 0.5) is 17.3 Å². The first-order valence-corrected chi connectivity index (χ1v) is 12.8. The van der Waals surface area contributed by atoms with Gasteiger partial charge in [-0.25, -0.2) is 4.98 Å². The predicted octanol–water partition coefficient (Wildman–Crippen LogP) is 5.06. The minimum atomic E-state index is -0.292. The van der Waals surface area contributed by atoms with Crippen molar-refractivity contribution in [3.63, 3.8) is 0 Å². The molecule has 37 heavy (non-hydrogen) atoms. The Labute approximate surface area is 218 Å². The lowest BCUT2D eigenvalue weighted by Crippen LogP contribution is -2.38. The molecule has 0 aliphatic carbocycles. The van der Waals surface area contributed by atoms with E-state index in [1.54, 1.807) is 24.3 Å². The highest BCUT2D eigenvalue weighted by Gasteiger charge is 2.13. The molecule has 2 aromatic heterocycles. The van der Waals surface area contributed by atoms with E-state index in [1.807, 2.05) is 35.7 Å². The van der Waals surface area contributed by atoms with E-state index in [9.17, 15) is 4.79 Å². The van der Waals surface area contributed by atoms with Crippen LogP contribution in [0.15, 0.2) is 72.6 Å². The van der Waals surface area contributed by atoms with E-state index in [-0.39, 0.29) is 5.91 Å². The van der Waals surface area contributed by atoms with Crippen molar-refractivity contribution in [2.75, 3.05) is 50.1 Å². The van der Waals surface area contributed by atoms with Crippen LogP contribution in [0.5, 0.6) is 17.4 Å². The van der Waals surface area contributed by atoms with Crippen molar-refractivity contribution in [3.8, 4) is 17.4 Å². The molecular formula is C27H27N5O4S. The van der Waals surface area contributed by atoms with Crippen molar-refractivity contribution in [2.24, 2.45) is 0 Å². The summed E-state index contributed by atoms with van der Waals surface area (Å²) in [4.78, 5) is 23.2. The second-order valence-corrected chi connectivity index (χ2v) is 9.18. The minimum Gasteiger partial charge on any atom is -0.492 e. The fourth-order valence-corrected chi connectivity index (χ4v) is 4.54. The Bertz CT molecular complexity index is 1370. The molecule has 2 N–H and O–H groups in total. The van der Waals surface area contributed by atoms with Crippen molar-refractivity contribution < 1.29 is 19.0 Å². The van der Waals surface area contributed by atoms with Crippen LogP contribution in [0, 0.1) is 0 Å². The number of carbonyl (C=O) groups is 1. The molecule has 0 radical (unpaired) electrons. The Kier molecular flexibility index (Phi) is 7.90. The number of amides is 1. The summed E-state index contributed by atoms with van der Waals surface area (Å²) in [5, 5.41) is 7.92. The first kappa shape index (κ1) is 24.7. The minimum absolute atomic E-state index is 0.292. The molecule has 0 unspecified atom stereocenters. The van der Waals surface area contributed by atoms with Gasteiger partial charge in [-0.2, -0.15) is 4.98 Å². The van der Waals surface area contributed by atoms with Gasteiger partial charge in [0.2, 0.25) is 17.7 Å². The van der Waals surface area contributed by atoms with Crippen molar-refractivity contribution in [1.82, 2.24) is 14.9 Å². The third-order valence-corrected chi connectivity index (χ3v) is 6.56. The molecule has 0 bridgehead atoms. The molecule has 2 aromatic carbocycles. The van der Waals surface area contributed by atoms with Gasteiger partial charge in [-0.1, -0.05) is 12.6 Å². The summed E-state index contributed by atoms with van der Waals surface area (Å²) in [6, 6.07) is 16.7. The van der Waals surface area contributed by atoms with Crippen LogP contribution >= 0.6 is 11.3 Å². The summed E-state index contributed by atoms with van der Waals surface area (Å²) in [5.41, 5.74) is 2.20. The number of morpholine rings is 1. The number of thiophene rings is 1. The molecule has 0 spiro atoms. The summed E-state index contributed by atoms with van der Waals surface area (Å²) < 4.78 is 18.2. The monoisotopic (exact) mass is 517 g/mol. The fourth-order valence-electron chi connectivity index (χ4n) is 3.78. The number of rotatable bonds is 10. The lowest BCUT2D eigenvalue weighted by atomic mass is 10.3. The molecule has 10 heteroatoms. The highest BCUT2D eigenvalue weighted by Crippen LogP contribution is 2.33. The van der Waals surface area contributed by atoms with Gasteiger partial charge in [0.1, 0.15) is 22.8 Å². The quantitative estimate of drug-likeness (QED) is 0.282. The zero-order valence-electron chi connectivity index (χ0n) is 20.2. The van der Waals surface area contributed by atoms with E-state index in [0.29, 0.717) is 29.9 Å². The van der Waals surface area contributed by atoms with Gasteiger partial charge >= 0.3 is 0 Å². The highest BCUT2D eigenvalue weighted by atomic mass is 32.1. The first-order chi connectivity index (χ1) is 18.2. The van der Waals surface area contributed by atoms with E-state index in [4.69, 9.17) is 14.2 Å². The smallest absolute Gasteiger partial charge is 0.247 e. The van der Waals surface area contributed by atoms with Gasteiger partial charge in [-0.05, 0) is 53.9 Å². The van der Waals surface area contributed by atoms with E-state index in [0.717, 1.165) is 54.5 Å². The second kappa shape index (κ2) is 11.8. The molecular weight excluding hydrogens is 490 g/mol. The van der Waals surface area contributed by atoms with Crippen LogP contribution in [-0.4, -0.2) is 60.2 Å². The Morgan fingerprint density at radius 2 is 1.92 bits per heavy atom. The summed E-state index contributed by atoms with van der Waals surface area (Å²) in [5.74, 6) is 1.90. The number of fused-ring (bicyclic) bond motifs is 1. The van der Waals surface area contributed by atoms with Crippen LogP contribution < -0.4 is 20.1 Å². The Morgan fingerprint density at radius 3 is 2.73 bits per heavy atom. The molecule has 1 aliphatic heterocycles. The summed E-state index contributed by atoms with van der Waals surface area (Å²) in [6.45, 7) is 8.45. The maximum atomic E-state index is 11.6. The largest absolute Gasteiger partial charge is 0.492 e. The third-order valence-electron chi connectivity index (χ3n) is 5.66. The summed E-state index contributed by atoms with van der Waals surface area (Å²) >= 11 is 1.50. The molecule has 1 amide bonds. The lowest BCUT2D eigenvalue weighted by molar-refractivity contribution is -0.111. The molecule has 190 valence electrons. The number of anilines is 3. The highest BCUT2D eigenvalue weighted by molar-refractivity contribution is 7.17. The molecule has 0 atom stereocenters. The molecule has 9 nitrogen and oxygen atoms in total. The maximum absolute atomic E-state index is 11.6. The molecule has 3 heterocycles. The van der Waals surface area contributed by atoms with Gasteiger partial charge < -0.3 is 24.8 Å². The molecule has 4 aromatic rings. The molecule has 5 rings (SSSR count). The number of ether oxygens (including phenoxy) is 3. The maximum Gasteiger partial charge on any atom is 0.247 e. The zero-order valence-corrected chi connectivity index (χ0v) is 21.0. The van der Waals surface area contributed by atoms with E-state index < -0.39 is 0 Å². The number of nitrogens with one attached hydrogen (secondary N) is 2. The van der Waals surface area contributed by atoms with Gasteiger partial charge in [0.25, 0.3) is 0 Å². The van der Waals surface area contributed by atoms with Gasteiger partial charge in [0.15, 0.2) is 0 Å². The Hall–Kier alpha value is -3.99. The van der Waals surface area contributed by atoms with Gasteiger partial charge in [0.05, 0.1) is 18.7 Å². The van der Waals surface area contributed by atoms with Crippen LogP contribution in [0.3, 0.4) is 0 Å².